The summed E-state index contributed by atoms with van der Waals surface area (Å²) in [6, 6.07) is 6.59. The van der Waals surface area contributed by atoms with E-state index in [0.29, 0.717) is 78.9 Å². The highest BCUT2D eigenvalue weighted by atomic mass is 19.1. The number of nitrogens with zero attached hydrogens (tertiary/aromatic N) is 5. The summed E-state index contributed by atoms with van der Waals surface area (Å²) >= 11 is 0. The van der Waals surface area contributed by atoms with E-state index in [9.17, 15) is 5.11 Å². The van der Waals surface area contributed by atoms with Crippen LogP contribution in [0.4, 0.5) is 14.5 Å². The van der Waals surface area contributed by atoms with Gasteiger partial charge in [0.05, 0.1) is 18.3 Å². The van der Waals surface area contributed by atoms with Crippen LogP contribution in [0.25, 0.3) is 22.0 Å². The third-order valence-electron chi connectivity index (χ3n) is 10.5. The summed E-state index contributed by atoms with van der Waals surface area (Å²) in [6.07, 6.45) is 7.11. The number of hydrogen-bond donors (Lipinski definition) is 1. The maximum absolute atomic E-state index is 17.6. The Balaban J connectivity index is 1.31. The molecule has 11 nitrogen and oxygen atoms in total. The number of pyridine rings is 1. The molecule has 0 saturated carbocycles. The number of aromatic nitrogens is 1. The second kappa shape index (κ2) is 15.4. The highest BCUT2D eigenvalue weighted by Gasteiger charge is 2.42. The third kappa shape index (κ3) is 7.48. The number of likely N-dealkylation sites (tertiary alicyclic amines) is 1. The SMILES string of the molecule is CCc1c(F)ccc2cc(OCOC)cc(-c3ncc4c(c3F)N(N3CCC[C@](C)(OC5CCCCO5)C3)C(OC[C@@H]3C[C@@H](O)CN3C)N=C4)c12. The van der Waals surface area contributed by atoms with E-state index in [2.05, 4.69) is 21.8 Å². The number of halogens is 2. The molecule has 276 valence electrons. The fourth-order valence-corrected chi connectivity index (χ4v) is 7.97. The van der Waals surface area contributed by atoms with Crippen molar-refractivity contribution < 1.29 is 37.6 Å². The summed E-state index contributed by atoms with van der Waals surface area (Å²) in [5.74, 6) is -0.502. The molecule has 1 N–H and O–H groups in total. The number of piperidine rings is 1. The molecule has 5 atom stereocenters. The van der Waals surface area contributed by atoms with Gasteiger partial charge < -0.3 is 28.8 Å². The predicted molar refractivity (Wildman–Crippen MR) is 190 cm³/mol. The average molecular weight is 710 g/mol. The van der Waals surface area contributed by atoms with Gasteiger partial charge in [0.15, 0.2) is 18.9 Å². The molecule has 0 aliphatic carbocycles. The van der Waals surface area contributed by atoms with E-state index in [-0.39, 0.29) is 36.3 Å². The Labute approximate surface area is 298 Å². The molecule has 5 heterocycles. The molecule has 1 aromatic heterocycles. The lowest BCUT2D eigenvalue weighted by Gasteiger charge is -2.49. The number of fused-ring (bicyclic) bond motifs is 2. The van der Waals surface area contributed by atoms with Crippen molar-refractivity contribution in [3.8, 4) is 17.0 Å². The van der Waals surface area contributed by atoms with Crippen molar-refractivity contribution in [1.29, 1.82) is 0 Å². The van der Waals surface area contributed by atoms with E-state index in [1.165, 1.54) is 13.2 Å². The van der Waals surface area contributed by atoms with Crippen LogP contribution in [0.1, 0.15) is 63.5 Å². The number of benzene rings is 2. The number of likely N-dealkylation sites (N-methyl/N-ethyl adjacent to an activating group) is 1. The third-order valence-corrected chi connectivity index (χ3v) is 10.5. The molecule has 0 bridgehead atoms. The quantitative estimate of drug-likeness (QED) is 0.252. The Morgan fingerprint density at radius 1 is 1.16 bits per heavy atom. The van der Waals surface area contributed by atoms with E-state index in [0.717, 1.165) is 32.1 Å². The van der Waals surface area contributed by atoms with Gasteiger partial charge in [0.1, 0.15) is 22.9 Å². The molecule has 0 spiro atoms. The summed E-state index contributed by atoms with van der Waals surface area (Å²) < 4.78 is 62.9. The highest BCUT2D eigenvalue weighted by Crippen LogP contribution is 2.42. The van der Waals surface area contributed by atoms with Gasteiger partial charge in [-0.05, 0) is 93.5 Å². The highest BCUT2D eigenvalue weighted by molar-refractivity contribution is 6.01. The summed E-state index contributed by atoms with van der Waals surface area (Å²) in [5, 5.41) is 15.4. The fourth-order valence-electron chi connectivity index (χ4n) is 7.97. The van der Waals surface area contributed by atoms with Crippen LogP contribution in [0.5, 0.6) is 5.75 Å². The molecule has 0 radical (unpaired) electrons. The van der Waals surface area contributed by atoms with Crippen LogP contribution in [-0.4, -0.2) is 110 Å². The minimum Gasteiger partial charge on any atom is -0.468 e. The van der Waals surface area contributed by atoms with Crippen molar-refractivity contribution >= 4 is 22.7 Å². The van der Waals surface area contributed by atoms with E-state index >= 15 is 8.78 Å². The molecule has 3 fully saturated rings. The maximum Gasteiger partial charge on any atom is 0.242 e. The number of hydrogen-bond acceptors (Lipinski definition) is 11. The van der Waals surface area contributed by atoms with Crippen LogP contribution in [0.2, 0.25) is 0 Å². The number of methoxy groups -OCH3 is 1. The van der Waals surface area contributed by atoms with E-state index in [1.807, 2.05) is 14.0 Å². The van der Waals surface area contributed by atoms with Crippen molar-refractivity contribution in [3.63, 3.8) is 0 Å². The Morgan fingerprint density at radius 2 is 2.02 bits per heavy atom. The Kier molecular flexibility index (Phi) is 10.9. The summed E-state index contributed by atoms with van der Waals surface area (Å²) in [7, 11) is 3.49. The van der Waals surface area contributed by atoms with Gasteiger partial charge >= 0.3 is 0 Å². The molecule has 3 saturated heterocycles. The molecule has 13 heteroatoms. The lowest BCUT2D eigenvalue weighted by atomic mass is 9.94. The van der Waals surface area contributed by atoms with Crippen LogP contribution >= 0.6 is 0 Å². The zero-order valence-electron chi connectivity index (χ0n) is 29.9. The van der Waals surface area contributed by atoms with Gasteiger partial charge in [0.2, 0.25) is 6.35 Å². The first-order chi connectivity index (χ1) is 24.7. The zero-order valence-corrected chi connectivity index (χ0v) is 29.9. The number of aryl methyl sites for hydroxylation is 1. The van der Waals surface area contributed by atoms with E-state index < -0.39 is 23.9 Å². The minimum atomic E-state index is -0.890. The molecular weight excluding hydrogens is 660 g/mol. The first-order valence-electron chi connectivity index (χ1n) is 18.1. The van der Waals surface area contributed by atoms with Gasteiger partial charge in [-0.1, -0.05) is 13.0 Å². The fraction of sp³-hybridized carbons (Fsp3) is 0.579. The Bertz CT molecular complexity index is 1740. The normalized spacial score (nSPS) is 27.3. The number of aliphatic hydroxyl groups is 1. The van der Waals surface area contributed by atoms with E-state index in [1.54, 1.807) is 35.6 Å². The van der Waals surface area contributed by atoms with Crippen LogP contribution < -0.4 is 9.75 Å². The van der Waals surface area contributed by atoms with Crippen LogP contribution in [0, 0.1) is 11.6 Å². The molecule has 7 rings (SSSR count). The maximum atomic E-state index is 17.6. The standard InChI is InChI=1S/C38H49F2N5O6/c1-5-29-31(39)11-10-24-15-28(50-23-47-4)17-30(33(24)29)35-34(40)36-25(18-41-35)19-42-37(49-21-26-16-27(46)20-43(26)3)45(36)44-13-8-12-38(2,22-44)51-32-9-6-7-14-48-32/h10-11,15,17-19,26-27,32,37,46H,5-9,12-14,16,20-23H2,1-4H3/t26-,27+,32?,37?,38-/m0/s1. The van der Waals surface area contributed by atoms with Gasteiger partial charge in [-0.3, -0.25) is 14.9 Å². The van der Waals surface area contributed by atoms with E-state index in [4.69, 9.17) is 28.7 Å². The number of ether oxygens (including phenoxy) is 5. The number of hydrazine groups is 1. The second-order valence-corrected chi connectivity index (χ2v) is 14.3. The monoisotopic (exact) mass is 709 g/mol. The number of rotatable bonds is 11. The molecule has 2 unspecified atom stereocenters. The van der Waals surface area contributed by atoms with Crippen LogP contribution in [0.15, 0.2) is 35.5 Å². The lowest BCUT2D eigenvalue weighted by Crippen LogP contribution is -2.60. The first kappa shape index (κ1) is 36.1. The van der Waals surface area contributed by atoms with Gasteiger partial charge in [0.25, 0.3) is 0 Å². The molecule has 3 aromatic rings. The number of aliphatic imine (C=N–C) groups is 1. The number of β-amino-alcohol motifs (C(OH)–C–C–N with tert-alkyl or cyclic N) is 1. The largest absolute Gasteiger partial charge is 0.468 e. The topological polar surface area (TPSA) is 101 Å². The summed E-state index contributed by atoms with van der Waals surface area (Å²) in [6.45, 7) is 6.56. The number of anilines is 1. The minimum absolute atomic E-state index is 0.00889. The van der Waals surface area contributed by atoms with Gasteiger partial charge in [0, 0.05) is 62.9 Å². The Hall–Kier alpha value is -3.30. The van der Waals surface area contributed by atoms with Crippen LogP contribution in [0.3, 0.4) is 0 Å². The second-order valence-electron chi connectivity index (χ2n) is 14.3. The van der Waals surface area contributed by atoms with Crippen molar-refractivity contribution in [2.45, 2.75) is 89.2 Å². The summed E-state index contributed by atoms with van der Waals surface area (Å²) in [5.41, 5.74) is 1.14. The van der Waals surface area contributed by atoms with Gasteiger partial charge in [-0.2, -0.15) is 0 Å². The number of aliphatic hydroxyl groups excluding tert-OH is 1. The first-order valence-corrected chi connectivity index (χ1v) is 18.1. The van der Waals surface area contributed by atoms with Crippen molar-refractivity contribution in [3.05, 3.63) is 53.2 Å². The smallest absolute Gasteiger partial charge is 0.242 e. The van der Waals surface area contributed by atoms with Crippen molar-refractivity contribution in [1.82, 2.24) is 14.9 Å². The van der Waals surface area contributed by atoms with Crippen LogP contribution in [-0.2, 0) is 25.4 Å². The average Bonchev–Trinajstić information content (AvgIpc) is 3.45. The molecule has 4 aliphatic heterocycles. The van der Waals surface area contributed by atoms with Crippen molar-refractivity contribution in [2.24, 2.45) is 4.99 Å². The Morgan fingerprint density at radius 3 is 2.76 bits per heavy atom. The lowest BCUT2D eigenvalue weighted by molar-refractivity contribution is -0.233. The molecule has 51 heavy (non-hydrogen) atoms. The molecular formula is C38H49F2N5O6. The predicted octanol–water partition coefficient (Wildman–Crippen LogP) is 5.64. The van der Waals surface area contributed by atoms with Gasteiger partial charge in [-0.15, -0.1) is 0 Å². The molecule has 2 aromatic carbocycles. The van der Waals surface area contributed by atoms with Crippen molar-refractivity contribution in [2.75, 3.05) is 58.8 Å². The molecule has 4 aliphatic rings. The molecule has 0 amide bonds. The van der Waals surface area contributed by atoms with Gasteiger partial charge in [-0.25, -0.2) is 18.8 Å². The zero-order chi connectivity index (χ0) is 35.7. The summed E-state index contributed by atoms with van der Waals surface area (Å²) in [4.78, 5) is 11.5.